The van der Waals surface area contributed by atoms with Gasteiger partial charge in [0.2, 0.25) is 0 Å². The zero-order valence-corrected chi connectivity index (χ0v) is 15.4. The summed E-state index contributed by atoms with van der Waals surface area (Å²) in [4.78, 5) is 21.0. The largest absolute Gasteiger partial charge is 0.492 e. The van der Waals surface area contributed by atoms with Crippen LogP contribution in [-0.2, 0) is 13.1 Å². The number of nitrogens with two attached hydrogens (primary N) is 1. The Kier molecular flexibility index (Phi) is 6.35. The molecule has 0 amide bonds. The molecule has 0 aliphatic carbocycles. The first kappa shape index (κ1) is 18.8. The Morgan fingerprint density at radius 1 is 1.11 bits per heavy atom. The van der Waals surface area contributed by atoms with Crippen LogP contribution in [0.25, 0.3) is 11.4 Å². The minimum atomic E-state index is -0.192. The minimum Gasteiger partial charge on any atom is -0.492 e. The van der Waals surface area contributed by atoms with E-state index in [4.69, 9.17) is 10.5 Å². The van der Waals surface area contributed by atoms with E-state index < -0.39 is 0 Å². The van der Waals surface area contributed by atoms with Gasteiger partial charge in [-0.2, -0.15) is 0 Å². The van der Waals surface area contributed by atoms with Gasteiger partial charge in [0.25, 0.3) is 5.56 Å². The van der Waals surface area contributed by atoms with Crippen molar-refractivity contribution in [3.8, 4) is 17.1 Å². The second-order valence-corrected chi connectivity index (χ2v) is 6.39. The summed E-state index contributed by atoms with van der Waals surface area (Å²) in [6.45, 7) is 2.51. The summed E-state index contributed by atoms with van der Waals surface area (Å²) in [7, 11) is 2.06. The number of nitrogens with zero attached hydrogens (tertiary/aromatic N) is 2. The molecule has 0 atom stereocenters. The van der Waals surface area contributed by atoms with Gasteiger partial charge in [0.1, 0.15) is 18.2 Å². The predicted octanol–water partition coefficient (Wildman–Crippen LogP) is 2.41. The Morgan fingerprint density at radius 3 is 2.56 bits per heavy atom. The highest BCUT2D eigenvalue weighted by Crippen LogP contribution is 2.16. The number of H-pyrrole nitrogens is 1. The third-order valence-electron chi connectivity index (χ3n) is 4.17. The van der Waals surface area contributed by atoms with Crippen molar-refractivity contribution >= 4 is 0 Å². The number of aromatic nitrogens is 2. The molecular weight excluding hydrogens is 340 g/mol. The van der Waals surface area contributed by atoms with Crippen molar-refractivity contribution in [3.05, 3.63) is 82.3 Å². The second kappa shape index (κ2) is 9.12. The van der Waals surface area contributed by atoms with Gasteiger partial charge in [0.05, 0.1) is 5.69 Å². The van der Waals surface area contributed by atoms with Crippen molar-refractivity contribution in [2.24, 2.45) is 5.73 Å². The van der Waals surface area contributed by atoms with Crippen molar-refractivity contribution in [2.45, 2.75) is 13.1 Å². The maximum atomic E-state index is 11.7. The van der Waals surface area contributed by atoms with Gasteiger partial charge in [-0.15, -0.1) is 0 Å². The van der Waals surface area contributed by atoms with Crippen LogP contribution in [0.4, 0.5) is 0 Å². The average Bonchev–Trinajstić information content (AvgIpc) is 2.69. The van der Waals surface area contributed by atoms with Crippen LogP contribution >= 0.6 is 0 Å². The first-order valence-electron chi connectivity index (χ1n) is 8.90. The van der Waals surface area contributed by atoms with Gasteiger partial charge in [-0.25, -0.2) is 4.98 Å². The number of ether oxygens (including phenoxy) is 1. The summed E-state index contributed by atoms with van der Waals surface area (Å²) in [6, 6.07) is 19.2. The highest BCUT2D eigenvalue weighted by atomic mass is 16.5. The van der Waals surface area contributed by atoms with E-state index in [1.807, 2.05) is 54.6 Å². The lowest BCUT2D eigenvalue weighted by Crippen LogP contribution is -2.23. The molecule has 27 heavy (non-hydrogen) atoms. The van der Waals surface area contributed by atoms with Gasteiger partial charge in [0.15, 0.2) is 0 Å². The highest BCUT2D eigenvalue weighted by molar-refractivity contribution is 5.55. The molecule has 0 aliphatic heterocycles. The number of para-hydroxylation sites is 1. The molecule has 3 N–H and O–H groups in total. The molecule has 3 rings (SSSR count). The van der Waals surface area contributed by atoms with Crippen molar-refractivity contribution in [1.29, 1.82) is 0 Å². The van der Waals surface area contributed by atoms with Crippen LogP contribution in [0.5, 0.6) is 5.75 Å². The summed E-state index contributed by atoms with van der Waals surface area (Å²) in [5.41, 5.74) is 8.02. The van der Waals surface area contributed by atoms with Crippen LogP contribution in [-0.4, -0.2) is 35.1 Å². The molecule has 0 fully saturated rings. The van der Waals surface area contributed by atoms with Crippen LogP contribution in [0.2, 0.25) is 0 Å². The standard InChI is InChI=1S/C21H24N4O2/c1-25(11-12-27-19-5-3-2-4-6-19)15-16-7-9-17(10-8-16)21-23-18(14-22)13-20(26)24-21/h2-10,13H,11-12,14-15,22H2,1H3,(H,23,24,26). The maximum Gasteiger partial charge on any atom is 0.251 e. The Labute approximate surface area is 158 Å². The lowest BCUT2D eigenvalue weighted by Gasteiger charge is -2.17. The zero-order chi connectivity index (χ0) is 19.1. The summed E-state index contributed by atoms with van der Waals surface area (Å²) < 4.78 is 5.73. The SMILES string of the molecule is CN(CCOc1ccccc1)Cc1ccc(-c2nc(CN)cc(=O)[nH]2)cc1. The normalized spacial score (nSPS) is 10.9. The quantitative estimate of drug-likeness (QED) is 0.641. The fourth-order valence-electron chi connectivity index (χ4n) is 2.74. The predicted molar refractivity (Wildman–Crippen MR) is 106 cm³/mol. The number of rotatable bonds is 8. The maximum absolute atomic E-state index is 11.7. The third kappa shape index (κ3) is 5.51. The molecule has 0 aliphatic rings. The molecular formula is C21H24N4O2. The van der Waals surface area contributed by atoms with Crippen LogP contribution in [0.15, 0.2) is 65.5 Å². The Morgan fingerprint density at radius 2 is 1.85 bits per heavy atom. The minimum absolute atomic E-state index is 0.192. The van der Waals surface area contributed by atoms with Crippen molar-refractivity contribution in [1.82, 2.24) is 14.9 Å². The second-order valence-electron chi connectivity index (χ2n) is 6.39. The van der Waals surface area contributed by atoms with Crippen LogP contribution in [0.3, 0.4) is 0 Å². The van der Waals surface area contributed by atoms with Gasteiger partial charge in [-0.05, 0) is 24.7 Å². The summed E-state index contributed by atoms with van der Waals surface area (Å²) in [5, 5.41) is 0. The van der Waals surface area contributed by atoms with Crippen LogP contribution < -0.4 is 16.0 Å². The van der Waals surface area contributed by atoms with Crippen molar-refractivity contribution < 1.29 is 4.74 Å². The molecule has 0 bridgehead atoms. The average molecular weight is 364 g/mol. The number of nitrogens with one attached hydrogen (secondary N) is 1. The molecule has 1 aromatic heterocycles. The van der Waals surface area contributed by atoms with E-state index in [1.54, 1.807) is 0 Å². The van der Waals surface area contributed by atoms with E-state index in [-0.39, 0.29) is 12.1 Å². The summed E-state index contributed by atoms with van der Waals surface area (Å²) in [6.07, 6.45) is 0. The van der Waals surface area contributed by atoms with E-state index in [0.717, 1.165) is 24.4 Å². The Balaban J connectivity index is 1.55. The van der Waals surface area contributed by atoms with Gasteiger partial charge < -0.3 is 15.5 Å². The van der Waals surface area contributed by atoms with Crippen molar-refractivity contribution in [2.75, 3.05) is 20.2 Å². The summed E-state index contributed by atoms with van der Waals surface area (Å²) >= 11 is 0. The van der Waals surface area contributed by atoms with Crippen molar-refractivity contribution in [3.63, 3.8) is 0 Å². The number of hydrogen-bond donors (Lipinski definition) is 2. The number of benzene rings is 2. The molecule has 1 heterocycles. The molecule has 0 saturated carbocycles. The van der Waals surface area contributed by atoms with Gasteiger partial charge in [-0.1, -0.05) is 42.5 Å². The molecule has 140 valence electrons. The highest BCUT2D eigenvalue weighted by Gasteiger charge is 2.05. The fraction of sp³-hybridized carbons (Fsp3) is 0.238. The molecule has 2 aromatic carbocycles. The molecule has 0 unspecified atom stereocenters. The van der Waals surface area contributed by atoms with E-state index in [9.17, 15) is 4.79 Å². The van der Waals surface area contributed by atoms with Crippen LogP contribution in [0.1, 0.15) is 11.3 Å². The first-order valence-corrected chi connectivity index (χ1v) is 8.90. The number of hydrogen-bond acceptors (Lipinski definition) is 5. The molecule has 6 nitrogen and oxygen atoms in total. The van der Waals surface area contributed by atoms with E-state index in [2.05, 4.69) is 21.9 Å². The van der Waals surface area contributed by atoms with Crippen LogP contribution in [0, 0.1) is 0 Å². The smallest absolute Gasteiger partial charge is 0.251 e. The topological polar surface area (TPSA) is 84.2 Å². The van der Waals surface area contributed by atoms with E-state index in [1.165, 1.54) is 11.6 Å². The zero-order valence-electron chi connectivity index (χ0n) is 15.4. The number of likely N-dealkylation sites (N-methyl/N-ethyl adjacent to an activating group) is 1. The van der Waals surface area contributed by atoms with Gasteiger partial charge in [-0.3, -0.25) is 9.69 Å². The Hall–Kier alpha value is -2.96. The molecule has 0 spiro atoms. The molecule has 0 radical (unpaired) electrons. The first-order chi connectivity index (χ1) is 13.1. The summed E-state index contributed by atoms with van der Waals surface area (Å²) in [5.74, 6) is 1.43. The van der Waals surface area contributed by atoms with E-state index >= 15 is 0 Å². The Bertz CT molecular complexity index is 907. The van der Waals surface area contributed by atoms with Gasteiger partial charge in [0, 0.05) is 31.3 Å². The van der Waals surface area contributed by atoms with E-state index in [0.29, 0.717) is 18.1 Å². The molecule has 3 aromatic rings. The number of aromatic amines is 1. The monoisotopic (exact) mass is 364 g/mol. The lowest BCUT2D eigenvalue weighted by molar-refractivity contribution is 0.233. The third-order valence-corrected chi connectivity index (χ3v) is 4.17. The van der Waals surface area contributed by atoms with Gasteiger partial charge >= 0.3 is 0 Å². The molecule has 6 heteroatoms. The lowest BCUT2D eigenvalue weighted by atomic mass is 10.1. The fourth-order valence-corrected chi connectivity index (χ4v) is 2.74. The molecule has 0 saturated heterocycles.